The van der Waals surface area contributed by atoms with Crippen LogP contribution in [0.5, 0.6) is 0 Å². The number of hydrogen-bond donors (Lipinski definition) is 2. The second kappa shape index (κ2) is 5.58. The largest absolute Gasteiger partial charge is 0.397 e. The lowest BCUT2D eigenvalue weighted by atomic mass is 10.1. The number of nitrogens with zero attached hydrogens (tertiary/aromatic N) is 1. The maximum atomic E-state index is 11.6. The van der Waals surface area contributed by atoms with Crippen LogP contribution in [0.15, 0.2) is 6.07 Å². The molecule has 1 aromatic rings. The number of nitrogens with two attached hydrogens (primary N) is 1. The zero-order valence-electron chi connectivity index (χ0n) is 10.7. The molecule has 5 nitrogen and oxygen atoms in total. The number of hydrogen-bond acceptors (Lipinski definition) is 5. The van der Waals surface area contributed by atoms with E-state index in [1.54, 1.807) is 14.2 Å². The Bertz CT molecular complexity index is 433. The summed E-state index contributed by atoms with van der Waals surface area (Å²) >= 11 is 1.46. The van der Waals surface area contributed by atoms with Crippen LogP contribution < -0.4 is 16.0 Å². The van der Waals surface area contributed by atoms with E-state index in [1.807, 2.05) is 6.07 Å². The van der Waals surface area contributed by atoms with E-state index in [-0.39, 0.29) is 5.91 Å². The molecule has 1 unspecified atom stereocenters. The van der Waals surface area contributed by atoms with Crippen molar-refractivity contribution in [2.24, 2.45) is 5.92 Å². The van der Waals surface area contributed by atoms with Crippen LogP contribution in [0.3, 0.4) is 0 Å². The van der Waals surface area contributed by atoms with Gasteiger partial charge in [0, 0.05) is 33.2 Å². The number of anilines is 2. The zero-order valence-corrected chi connectivity index (χ0v) is 11.5. The molecule has 0 saturated carbocycles. The van der Waals surface area contributed by atoms with Crippen LogP contribution in [0, 0.1) is 5.92 Å². The van der Waals surface area contributed by atoms with Crippen LogP contribution in [0.2, 0.25) is 0 Å². The van der Waals surface area contributed by atoms with Crippen LogP contribution in [0.25, 0.3) is 0 Å². The van der Waals surface area contributed by atoms with E-state index in [0.29, 0.717) is 16.5 Å². The molecule has 1 fully saturated rings. The lowest BCUT2D eigenvalue weighted by Gasteiger charge is -2.15. The molecule has 0 bridgehead atoms. The van der Waals surface area contributed by atoms with Crippen molar-refractivity contribution in [2.75, 3.05) is 44.5 Å². The highest BCUT2D eigenvalue weighted by atomic mass is 32.1. The van der Waals surface area contributed by atoms with Gasteiger partial charge in [0.1, 0.15) is 4.88 Å². The average Bonchev–Trinajstić information content (AvgIpc) is 2.95. The van der Waals surface area contributed by atoms with Crippen molar-refractivity contribution in [2.45, 2.75) is 6.42 Å². The number of methoxy groups -OCH3 is 1. The molecule has 1 aliphatic heterocycles. The second-order valence-electron chi connectivity index (χ2n) is 4.50. The van der Waals surface area contributed by atoms with Gasteiger partial charge in [-0.25, -0.2) is 0 Å². The van der Waals surface area contributed by atoms with Crippen molar-refractivity contribution in [1.82, 2.24) is 5.32 Å². The number of thiophene rings is 1. The first-order valence-electron chi connectivity index (χ1n) is 6.01. The van der Waals surface area contributed by atoms with Gasteiger partial charge in [-0.15, -0.1) is 11.3 Å². The third kappa shape index (κ3) is 2.59. The number of rotatable bonds is 4. The van der Waals surface area contributed by atoms with Crippen LogP contribution in [0.4, 0.5) is 10.7 Å². The minimum atomic E-state index is -0.114. The highest BCUT2D eigenvalue weighted by Gasteiger charge is 2.25. The molecule has 1 saturated heterocycles. The summed E-state index contributed by atoms with van der Waals surface area (Å²) in [5, 5.41) is 3.68. The predicted octanol–water partition coefficient (Wildman–Crippen LogP) is 1.16. The lowest BCUT2D eigenvalue weighted by Crippen LogP contribution is -2.20. The molecule has 1 aromatic heterocycles. The van der Waals surface area contributed by atoms with E-state index in [9.17, 15) is 4.79 Å². The summed E-state index contributed by atoms with van der Waals surface area (Å²) in [7, 11) is 3.35. The van der Waals surface area contributed by atoms with E-state index in [2.05, 4.69) is 10.2 Å². The third-order valence-electron chi connectivity index (χ3n) is 3.18. The summed E-state index contributed by atoms with van der Waals surface area (Å²) in [6.07, 6.45) is 1.13. The van der Waals surface area contributed by atoms with E-state index >= 15 is 0 Å². The molecular formula is C12H19N3O2S. The normalized spacial score (nSPS) is 19.2. The molecule has 1 aliphatic rings. The van der Waals surface area contributed by atoms with Gasteiger partial charge < -0.3 is 20.7 Å². The third-order valence-corrected chi connectivity index (χ3v) is 4.39. The topological polar surface area (TPSA) is 67.6 Å². The molecule has 18 heavy (non-hydrogen) atoms. The number of nitrogen functional groups attached to an aromatic ring is 1. The molecule has 0 radical (unpaired) electrons. The number of carbonyl (C=O) groups excluding carboxylic acids is 1. The fraction of sp³-hybridized carbons (Fsp3) is 0.583. The lowest BCUT2D eigenvalue weighted by molar-refractivity contribution is 0.0968. The average molecular weight is 269 g/mol. The summed E-state index contributed by atoms with van der Waals surface area (Å²) in [6, 6.07) is 1.89. The Hall–Kier alpha value is -1.27. The minimum Gasteiger partial charge on any atom is -0.397 e. The standard InChI is InChI=1S/C12H19N3O2S/c1-14-12(16)11-9(13)5-10(18-11)15-4-3-8(6-15)7-17-2/h5,8H,3-4,6-7,13H2,1-2H3,(H,14,16). The first-order valence-corrected chi connectivity index (χ1v) is 6.82. The highest BCUT2D eigenvalue weighted by Crippen LogP contribution is 2.35. The van der Waals surface area contributed by atoms with Crippen LogP contribution >= 0.6 is 11.3 Å². The Morgan fingerprint density at radius 1 is 1.72 bits per heavy atom. The van der Waals surface area contributed by atoms with Crippen molar-refractivity contribution in [3.05, 3.63) is 10.9 Å². The molecular weight excluding hydrogens is 250 g/mol. The van der Waals surface area contributed by atoms with Gasteiger partial charge in [-0.1, -0.05) is 0 Å². The summed E-state index contributed by atoms with van der Waals surface area (Å²) in [5.41, 5.74) is 6.44. The van der Waals surface area contributed by atoms with Crippen LogP contribution in [0.1, 0.15) is 16.1 Å². The Labute approximate surface area is 111 Å². The van der Waals surface area contributed by atoms with Crippen LogP contribution in [-0.4, -0.2) is 39.8 Å². The summed E-state index contributed by atoms with van der Waals surface area (Å²) in [4.78, 5) is 14.5. The molecule has 2 heterocycles. The number of nitrogens with one attached hydrogen (secondary N) is 1. The smallest absolute Gasteiger partial charge is 0.263 e. The molecule has 6 heteroatoms. The molecule has 1 amide bonds. The Morgan fingerprint density at radius 3 is 3.17 bits per heavy atom. The highest BCUT2D eigenvalue weighted by molar-refractivity contribution is 7.18. The molecule has 0 aliphatic carbocycles. The number of carbonyl (C=O) groups is 1. The van der Waals surface area contributed by atoms with Crippen molar-refractivity contribution >= 4 is 27.9 Å². The fourth-order valence-corrected chi connectivity index (χ4v) is 3.30. The van der Waals surface area contributed by atoms with Gasteiger partial charge in [0.05, 0.1) is 17.3 Å². The quantitative estimate of drug-likeness (QED) is 0.861. The number of ether oxygens (including phenoxy) is 1. The van der Waals surface area contributed by atoms with Crippen LogP contribution in [-0.2, 0) is 4.74 Å². The molecule has 100 valence electrons. The van der Waals surface area contributed by atoms with Crippen molar-refractivity contribution in [1.29, 1.82) is 0 Å². The second-order valence-corrected chi connectivity index (χ2v) is 5.53. The van der Waals surface area contributed by atoms with Gasteiger partial charge in [0.15, 0.2) is 0 Å². The molecule has 2 rings (SSSR count). The summed E-state index contributed by atoms with van der Waals surface area (Å²) in [5.74, 6) is 0.457. The molecule has 0 aromatic carbocycles. The zero-order chi connectivity index (χ0) is 13.1. The van der Waals surface area contributed by atoms with Gasteiger partial charge in [0.25, 0.3) is 5.91 Å². The Morgan fingerprint density at radius 2 is 2.50 bits per heavy atom. The SMILES string of the molecule is CNC(=O)c1sc(N2CCC(COC)C2)cc1N. The summed E-state index contributed by atoms with van der Waals surface area (Å²) < 4.78 is 5.18. The van der Waals surface area contributed by atoms with Crippen molar-refractivity contribution in [3.8, 4) is 0 Å². The maximum Gasteiger partial charge on any atom is 0.263 e. The first kappa shape index (κ1) is 13.2. The first-order chi connectivity index (χ1) is 8.65. The minimum absolute atomic E-state index is 0.114. The van der Waals surface area contributed by atoms with Gasteiger partial charge in [-0.2, -0.15) is 0 Å². The van der Waals surface area contributed by atoms with Gasteiger partial charge in [-0.05, 0) is 12.5 Å². The fourth-order valence-electron chi connectivity index (χ4n) is 2.24. The summed E-state index contributed by atoms with van der Waals surface area (Å²) in [6.45, 7) is 2.77. The molecule has 0 spiro atoms. The Kier molecular flexibility index (Phi) is 4.08. The van der Waals surface area contributed by atoms with Gasteiger partial charge >= 0.3 is 0 Å². The van der Waals surface area contributed by atoms with Gasteiger partial charge in [-0.3, -0.25) is 4.79 Å². The maximum absolute atomic E-state index is 11.6. The monoisotopic (exact) mass is 269 g/mol. The van der Waals surface area contributed by atoms with Gasteiger partial charge in [0.2, 0.25) is 0 Å². The number of amides is 1. The van der Waals surface area contributed by atoms with Crippen molar-refractivity contribution < 1.29 is 9.53 Å². The molecule has 3 N–H and O–H groups in total. The molecule has 1 atom stereocenters. The van der Waals surface area contributed by atoms with E-state index < -0.39 is 0 Å². The van der Waals surface area contributed by atoms with E-state index in [4.69, 9.17) is 10.5 Å². The van der Waals surface area contributed by atoms with Crippen molar-refractivity contribution in [3.63, 3.8) is 0 Å². The Balaban J connectivity index is 2.08. The van der Waals surface area contributed by atoms with E-state index in [1.165, 1.54) is 11.3 Å². The predicted molar refractivity (Wildman–Crippen MR) is 74.3 cm³/mol. The van der Waals surface area contributed by atoms with E-state index in [0.717, 1.165) is 31.1 Å².